The quantitative estimate of drug-likeness (QED) is 0.0377. The second-order valence-corrected chi connectivity index (χ2v) is 18.8. The van der Waals surface area contributed by atoms with Crippen LogP contribution in [0.3, 0.4) is 0 Å². The molecule has 0 saturated carbocycles. The van der Waals surface area contributed by atoms with Crippen LogP contribution in [0, 0.1) is 0 Å². The fourth-order valence-corrected chi connectivity index (χ4v) is 8.94. The lowest BCUT2D eigenvalue weighted by molar-refractivity contribution is -0.108. The summed E-state index contributed by atoms with van der Waals surface area (Å²) in [5.74, 6) is -1.92. The molecule has 2 aliphatic carbocycles. The first kappa shape index (κ1) is 44.0. The zero-order valence-electron chi connectivity index (χ0n) is 31.3. The van der Waals surface area contributed by atoms with Crippen LogP contribution in [0.25, 0.3) is 23.3 Å². The van der Waals surface area contributed by atoms with Crippen molar-refractivity contribution in [3.63, 3.8) is 0 Å². The number of ketones is 2. The molecule has 7 rings (SSSR count). The van der Waals surface area contributed by atoms with Gasteiger partial charge in [0.1, 0.15) is 26.1 Å². The first-order valence-electron chi connectivity index (χ1n) is 17.4. The highest BCUT2D eigenvalue weighted by Gasteiger charge is 2.37. The van der Waals surface area contributed by atoms with Gasteiger partial charge in [0.15, 0.2) is 5.71 Å². The van der Waals surface area contributed by atoms with E-state index >= 15 is 0 Å². The van der Waals surface area contributed by atoms with Gasteiger partial charge in [-0.15, -0.1) is 5.11 Å². The molecular formula is C38H27N7O14S4. The minimum atomic E-state index is -5.14. The number of carbonyl (C=O) groups excluding carboxylic acids is 2. The number of anilines is 3. The molecule has 0 atom stereocenters. The monoisotopic (exact) mass is 933 g/mol. The summed E-state index contributed by atoms with van der Waals surface area (Å²) < 4.78 is 137. The number of nitrogens with two attached hydrogens (primary N) is 1. The molecule has 2 aliphatic rings. The Kier molecular flexibility index (Phi) is 11.4. The lowest BCUT2D eigenvalue weighted by atomic mass is 9.92. The van der Waals surface area contributed by atoms with E-state index < -0.39 is 106 Å². The molecule has 8 N–H and O–H groups in total. The molecular weight excluding hydrogens is 907 g/mol. The predicted octanol–water partition coefficient (Wildman–Crippen LogP) is 5.40. The molecule has 322 valence electrons. The van der Waals surface area contributed by atoms with E-state index in [4.69, 9.17) is 5.73 Å². The Morgan fingerprint density at radius 1 is 0.540 bits per heavy atom. The van der Waals surface area contributed by atoms with Crippen molar-refractivity contribution in [2.24, 2.45) is 20.4 Å². The summed E-state index contributed by atoms with van der Waals surface area (Å²) in [7, 11) is -20.3. The van der Waals surface area contributed by atoms with Crippen molar-refractivity contribution in [2.45, 2.75) is 14.7 Å². The Morgan fingerprint density at radius 2 is 1.11 bits per heavy atom. The molecule has 0 saturated heterocycles. The van der Waals surface area contributed by atoms with Gasteiger partial charge in [0.05, 0.1) is 33.2 Å². The molecule has 0 fully saturated rings. The maximum atomic E-state index is 13.7. The number of allylic oxidation sites excluding steroid dienone is 2. The van der Waals surface area contributed by atoms with E-state index in [-0.39, 0.29) is 16.8 Å². The fourth-order valence-electron chi connectivity index (χ4n) is 6.24. The van der Waals surface area contributed by atoms with Crippen LogP contribution in [0.1, 0.15) is 27.0 Å². The minimum absolute atomic E-state index is 0.137. The number of nitrogen functional groups attached to an aromatic ring is 1. The zero-order valence-corrected chi connectivity index (χ0v) is 34.6. The van der Waals surface area contributed by atoms with E-state index in [1.165, 1.54) is 12.1 Å². The van der Waals surface area contributed by atoms with E-state index in [9.17, 15) is 61.5 Å². The van der Waals surface area contributed by atoms with Gasteiger partial charge in [-0.05, 0) is 89.0 Å². The molecule has 5 aromatic rings. The number of rotatable bonds is 11. The van der Waals surface area contributed by atoms with Gasteiger partial charge < -0.3 is 5.73 Å². The third-order valence-corrected chi connectivity index (χ3v) is 12.6. The number of para-hydroxylation sites is 1. The number of azo groups is 1. The largest absolute Gasteiger partial charge is 0.396 e. The van der Waals surface area contributed by atoms with Crippen LogP contribution in [-0.4, -0.2) is 74.9 Å². The fraction of sp³-hybridized carbons (Fsp3) is 0. The number of hydrogen-bond acceptors (Lipinski definition) is 17. The molecule has 0 unspecified atom stereocenters. The van der Waals surface area contributed by atoms with Crippen molar-refractivity contribution in [3.05, 3.63) is 130 Å². The molecule has 21 nitrogen and oxygen atoms in total. The van der Waals surface area contributed by atoms with Gasteiger partial charge in [-0.25, -0.2) is 0 Å². The second-order valence-electron chi connectivity index (χ2n) is 13.3. The van der Waals surface area contributed by atoms with Gasteiger partial charge in [0, 0.05) is 5.56 Å². The first-order chi connectivity index (χ1) is 29.5. The van der Waals surface area contributed by atoms with Crippen LogP contribution in [-0.2, 0) is 45.3 Å². The topological polar surface area (TPSA) is 351 Å². The Labute approximate surface area is 357 Å². The molecule has 0 aliphatic heterocycles. The maximum absolute atomic E-state index is 13.7. The second kappa shape index (κ2) is 16.3. The molecule has 5 aromatic carbocycles. The van der Waals surface area contributed by atoms with Crippen molar-refractivity contribution in [1.29, 1.82) is 0 Å². The number of hydrazone groups is 2. The molecule has 0 heterocycles. The molecule has 0 bridgehead atoms. The summed E-state index contributed by atoms with van der Waals surface area (Å²) in [5.41, 5.74) is 9.51. The van der Waals surface area contributed by atoms with E-state index in [0.717, 1.165) is 30.4 Å². The van der Waals surface area contributed by atoms with Gasteiger partial charge in [0.2, 0.25) is 11.6 Å². The molecule has 25 heteroatoms. The van der Waals surface area contributed by atoms with Crippen molar-refractivity contribution in [3.8, 4) is 11.1 Å². The van der Waals surface area contributed by atoms with Crippen LogP contribution >= 0.6 is 0 Å². The SMILES string of the molecule is Nc1c(N=Nc2ccc(-c3ccc(N/N=C4/C(=O)C=Cc5cc(S(=O)(=O)O)cc(S(=O)(=O)O)c54)cc3)cc2)c(S(=O)(=O)O)cc2c1C(=O)/C(=N/Nc1ccccc1)C(S(=O)(=O)O)=C2. The number of hydrogen-bond donors (Lipinski definition) is 7. The molecule has 0 spiro atoms. The van der Waals surface area contributed by atoms with Gasteiger partial charge in [0.25, 0.3) is 40.5 Å². The summed E-state index contributed by atoms with van der Waals surface area (Å²) in [5, 5.41) is 15.8. The number of carbonyl (C=O) groups is 2. The average Bonchev–Trinajstić information content (AvgIpc) is 3.21. The average molecular weight is 934 g/mol. The lowest BCUT2D eigenvalue weighted by Gasteiger charge is -2.20. The number of nitrogens with zero attached hydrogens (tertiary/aromatic N) is 4. The minimum Gasteiger partial charge on any atom is -0.396 e. The van der Waals surface area contributed by atoms with E-state index in [2.05, 4.69) is 31.3 Å². The van der Waals surface area contributed by atoms with Crippen molar-refractivity contribution in [2.75, 3.05) is 16.6 Å². The Hall–Kier alpha value is -7.10. The van der Waals surface area contributed by atoms with E-state index in [0.29, 0.717) is 28.6 Å². The Morgan fingerprint density at radius 3 is 1.68 bits per heavy atom. The van der Waals surface area contributed by atoms with Gasteiger partial charge in [-0.3, -0.25) is 38.7 Å². The van der Waals surface area contributed by atoms with Crippen LogP contribution in [0.5, 0.6) is 0 Å². The highest BCUT2D eigenvalue weighted by Crippen LogP contribution is 2.41. The summed E-state index contributed by atoms with van der Waals surface area (Å²) in [6.07, 6.45) is 2.86. The highest BCUT2D eigenvalue weighted by molar-refractivity contribution is 7.91. The van der Waals surface area contributed by atoms with Gasteiger partial charge >= 0.3 is 0 Å². The number of Topliss-reactive ketones (excluding diaryl/α,β-unsaturated/α-hetero) is 1. The highest BCUT2D eigenvalue weighted by atomic mass is 32.2. The molecule has 0 aromatic heterocycles. The standard InChI is InChI=1S/C38H27N7O14S4/c39-34-33-23(18-31(63(57,58)59)37(38(33)47)45-40-24-4-2-1-3-5-24)17-30(62(54,55)56)36(34)44-42-26-13-8-21(9-14-26)20-6-11-25(12-7-20)41-43-35-28(46)15-10-22-16-27(60(48,49)50)19-29(32(22)35)61(51,52)53/h1-19,40-41H,39H2,(H,48,49,50)(H,51,52,53)(H,54,55,56)(H,57,58,59)/b43-35-,44-42?,45-37+. The van der Waals surface area contributed by atoms with Crippen LogP contribution in [0.15, 0.2) is 143 Å². The predicted molar refractivity (Wildman–Crippen MR) is 228 cm³/mol. The number of fused-ring (bicyclic) bond motifs is 2. The van der Waals surface area contributed by atoms with Crippen LogP contribution < -0.4 is 16.6 Å². The van der Waals surface area contributed by atoms with Crippen LogP contribution in [0.4, 0.5) is 28.4 Å². The van der Waals surface area contributed by atoms with E-state index in [1.807, 2.05) is 0 Å². The maximum Gasteiger partial charge on any atom is 0.296 e. The third-order valence-electron chi connectivity index (χ3n) is 9.14. The summed E-state index contributed by atoms with van der Waals surface area (Å²) in [4.78, 5) is 22.8. The summed E-state index contributed by atoms with van der Waals surface area (Å²) in [6, 6.07) is 22.7. The van der Waals surface area contributed by atoms with Gasteiger partial charge in [-0.2, -0.15) is 49.0 Å². The third kappa shape index (κ3) is 9.25. The normalized spacial score (nSPS) is 15.7. The molecule has 63 heavy (non-hydrogen) atoms. The van der Waals surface area contributed by atoms with Crippen molar-refractivity contribution >= 4 is 104 Å². The number of benzene rings is 5. The summed E-state index contributed by atoms with van der Waals surface area (Å²) in [6.45, 7) is 0. The Bertz CT molecular complexity index is 3410. The first-order valence-corrected chi connectivity index (χ1v) is 23.2. The molecule has 0 amide bonds. The molecule has 0 radical (unpaired) electrons. The summed E-state index contributed by atoms with van der Waals surface area (Å²) >= 11 is 0. The van der Waals surface area contributed by atoms with Crippen molar-refractivity contribution < 1.29 is 61.5 Å². The lowest BCUT2D eigenvalue weighted by Crippen LogP contribution is -2.28. The number of nitrogens with one attached hydrogen (secondary N) is 2. The van der Waals surface area contributed by atoms with E-state index in [1.54, 1.807) is 66.7 Å². The zero-order chi connectivity index (χ0) is 45.6. The van der Waals surface area contributed by atoms with Crippen molar-refractivity contribution in [1.82, 2.24) is 0 Å². The van der Waals surface area contributed by atoms with Crippen LogP contribution in [0.2, 0.25) is 0 Å². The smallest absolute Gasteiger partial charge is 0.296 e. The van der Waals surface area contributed by atoms with Gasteiger partial charge in [-0.1, -0.05) is 48.5 Å². The Balaban J connectivity index is 1.15.